The number of methoxy groups -OCH3 is 1. The van der Waals surface area contributed by atoms with Gasteiger partial charge in [0.2, 0.25) is 5.91 Å². The minimum atomic E-state index is -0.871. The van der Waals surface area contributed by atoms with Crippen LogP contribution in [0.15, 0.2) is 53.6 Å². The highest BCUT2D eigenvalue weighted by molar-refractivity contribution is 6.06. The summed E-state index contributed by atoms with van der Waals surface area (Å²) in [5.41, 5.74) is 5.10. The maximum absolute atomic E-state index is 12.7. The summed E-state index contributed by atoms with van der Waals surface area (Å²) in [6, 6.07) is 14.9. The minimum Gasteiger partial charge on any atom is -0.497 e. The van der Waals surface area contributed by atoms with E-state index in [1.807, 2.05) is 38.1 Å². The lowest BCUT2D eigenvalue weighted by Crippen LogP contribution is -2.39. The lowest BCUT2D eigenvalue weighted by molar-refractivity contribution is -0.134. The van der Waals surface area contributed by atoms with Crippen molar-refractivity contribution in [1.82, 2.24) is 5.43 Å². The van der Waals surface area contributed by atoms with Crippen LogP contribution in [-0.4, -0.2) is 38.2 Å². The van der Waals surface area contributed by atoms with Gasteiger partial charge in [0.1, 0.15) is 11.7 Å². The first-order chi connectivity index (χ1) is 14.9. The number of nitrogens with one attached hydrogen (secondary N) is 2. The molecule has 0 saturated heterocycles. The molecule has 0 aliphatic heterocycles. The number of benzene rings is 2. The van der Waals surface area contributed by atoms with Crippen LogP contribution in [0.3, 0.4) is 0 Å². The van der Waals surface area contributed by atoms with Crippen molar-refractivity contribution in [3.63, 3.8) is 0 Å². The maximum atomic E-state index is 12.7. The fraction of sp³-hybridized carbons (Fsp3) is 0.375. The summed E-state index contributed by atoms with van der Waals surface area (Å²) in [4.78, 5) is 27.5. The molecular formula is C24H32N4O3. The first-order valence-corrected chi connectivity index (χ1v) is 10.5. The second-order valence-electron chi connectivity index (χ2n) is 7.44. The molecule has 0 bridgehead atoms. The molecule has 0 radical (unpaired) electrons. The highest BCUT2D eigenvalue weighted by Gasteiger charge is 2.29. The van der Waals surface area contributed by atoms with Crippen molar-refractivity contribution in [1.29, 1.82) is 0 Å². The average molecular weight is 425 g/mol. The van der Waals surface area contributed by atoms with Crippen LogP contribution in [0.4, 0.5) is 11.4 Å². The fourth-order valence-corrected chi connectivity index (χ4v) is 3.22. The van der Waals surface area contributed by atoms with E-state index < -0.39 is 11.8 Å². The predicted octanol–water partition coefficient (Wildman–Crippen LogP) is 3.90. The van der Waals surface area contributed by atoms with E-state index >= 15 is 0 Å². The minimum absolute atomic E-state index is 0.193. The Kier molecular flexibility index (Phi) is 9.06. The van der Waals surface area contributed by atoms with Crippen molar-refractivity contribution in [2.75, 3.05) is 30.4 Å². The Hall–Kier alpha value is -3.35. The molecule has 7 nitrogen and oxygen atoms in total. The van der Waals surface area contributed by atoms with Crippen LogP contribution >= 0.6 is 0 Å². The van der Waals surface area contributed by atoms with Gasteiger partial charge in [-0.3, -0.25) is 9.59 Å². The molecule has 2 aromatic rings. The normalized spacial score (nSPS) is 11.9. The second kappa shape index (κ2) is 11.7. The SMILES string of the molecule is CCN(CC)c1ccc(C=NNC(=O)C(C(=O)Nc2ccc(OC)cc2)C(C)C)cc1. The Bertz CT molecular complexity index is 873. The van der Waals surface area contributed by atoms with Crippen molar-refractivity contribution in [3.8, 4) is 5.75 Å². The topological polar surface area (TPSA) is 83.0 Å². The van der Waals surface area contributed by atoms with E-state index in [1.54, 1.807) is 37.6 Å². The van der Waals surface area contributed by atoms with E-state index in [-0.39, 0.29) is 11.8 Å². The molecule has 2 N–H and O–H groups in total. The quantitative estimate of drug-likeness (QED) is 0.344. The van der Waals surface area contributed by atoms with Crippen molar-refractivity contribution in [2.24, 2.45) is 16.9 Å². The summed E-state index contributed by atoms with van der Waals surface area (Å²) in [6.07, 6.45) is 1.57. The second-order valence-corrected chi connectivity index (χ2v) is 7.44. The zero-order valence-electron chi connectivity index (χ0n) is 18.9. The molecule has 0 aliphatic carbocycles. The summed E-state index contributed by atoms with van der Waals surface area (Å²) in [5, 5.41) is 6.82. The summed E-state index contributed by atoms with van der Waals surface area (Å²) in [5.74, 6) is -1.20. The lowest BCUT2D eigenvalue weighted by Gasteiger charge is -2.20. The third-order valence-corrected chi connectivity index (χ3v) is 5.00. The highest BCUT2D eigenvalue weighted by Crippen LogP contribution is 2.18. The smallest absolute Gasteiger partial charge is 0.252 e. The van der Waals surface area contributed by atoms with Gasteiger partial charge in [0.25, 0.3) is 5.91 Å². The molecule has 2 aromatic carbocycles. The zero-order valence-corrected chi connectivity index (χ0v) is 18.9. The summed E-state index contributed by atoms with van der Waals surface area (Å²) >= 11 is 0. The van der Waals surface area contributed by atoms with Crippen molar-refractivity contribution >= 4 is 29.4 Å². The van der Waals surface area contributed by atoms with Gasteiger partial charge < -0.3 is 15.0 Å². The number of hydrogen-bond donors (Lipinski definition) is 2. The number of hydrazone groups is 1. The Morgan fingerprint density at radius 3 is 2.13 bits per heavy atom. The Morgan fingerprint density at radius 2 is 1.61 bits per heavy atom. The Balaban J connectivity index is 1.98. The zero-order chi connectivity index (χ0) is 22.8. The molecule has 0 heterocycles. The van der Waals surface area contributed by atoms with Gasteiger partial charge in [0, 0.05) is 24.5 Å². The highest BCUT2D eigenvalue weighted by atomic mass is 16.5. The lowest BCUT2D eigenvalue weighted by atomic mass is 9.94. The summed E-state index contributed by atoms with van der Waals surface area (Å²) < 4.78 is 5.11. The third kappa shape index (κ3) is 6.84. The van der Waals surface area contributed by atoms with E-state index in [4.69, 9.17) is 4.74 Å². The molecular weight excluding hydrogens is 392 g/mol. The van der Waals surface area contributed by atoms with Crippen LogP contribution in [-0.2, 0) is 9.59 Å². The van der Waals surface area contributed by atoms with E-state index in [2.05, 4.69) is 34.6 Å². The van der Waals surface area contributed by atoms with Crippen LogP contribution in [0.2, 0.25) is 0 Å². The van der Waals surface area contributed by atoms with Crippen molar-refractivity contribution < 1.29 is 14.3 Å². The molecule has 7 heteroatoms. The first kappa shape index (κ1) is 23.9. The van der Waals surface area contributed by atoms with Gasteiger partial charge in [-0.05, 0) is 61.7 Å². The largest absolute Gasteiger partial charge is 0.497 e. The Labute approximate surface area is 184 Å². The van der Waals surface area contributed by atoms with Gasteiger partial charge in [-0.25, -0.2) is 5.43 Å². The molecule has 0 aromatic heterocycles. The van der Waals surface area contributed by atoms with Crippen LogP contribution in [0, 0.1) is 11.8 Å². The molecule has 2 amide bonds. The predicted molar refractivity (Wildman–Crippen MR) is 126 cm³/mol. The molecule has 2 rings (SSSR count). The Morgan fingerprint density at radius 1 is 1.00 bits per heavy atom. The van der Waals surface area contributed by atoms with E-state index in [0.29, 0.717) is 11.4 Å². The number of nitrogens with zero attached hydrogens (tertiary/aromatic N) is 2. The van der Waals surface area contributed by atoms with Gasteiger partial charge in [0.15, 0.2) is 0 Å². The standard InChI is InChI=1S/C24H32N4O3/c1-6-28(7-2)20-12-8-18(9-13-20)16-25-27-24(30)22(17(3)4)23(29)26-19-10-14-21(31-5)15-11-19/h8-17,22H,6-7H2,1-5H3,(H,26,29)(H,27,30). The molecule has 0 spiro atoms. The third-order valence-electron chi connectivity index (χ3n) is 5.00. The van der Waals surface area contributed by atoms with Gasteiger partial charge in [-0.2, -0.15) is 5.10 Å². The van der Waals surface area contributed by atoms with Gasteiger partial charge in [-0.1, -0.05) is 26.0 Å². The number of carbonyl (C=O) groups excluding carboxylic acids is 2. The molecule has 1 unspecified atom stereocenters. The van der Waals surface area contributed by atoms with Crippen molar-refractivity contribution in [3.05, 3.63) is 54.1 Å². The van der Waals surface area contributed by atoms with E-state index in [1.165, 1.54) is 0 Å². The van der Waals surface area contributed by atoms with Crippen LogP contribution in [0.25, 0.3) is 0 Å². The van der Waals surface area contributed by atoms with Gasteiger partial charge >= 0.3 is 0 Å². The number of hydrogen-bond acceptors (Lipinski definition) is 5. The number of ether oxygens (including phenoxy) is 1. The van der Waals surface area contributed by atoms with Gasteiger partial charge in [0.05, 0.1) is 13.3 Å². The monoisotopic (exact) mass is 424 g/mol. The number of anilines is 2. The van der Waals surface area contributed by atoms with E-state index in [0.717, 1.165) is 24.3 Å². The van der Waals surface area contributed by atoms with Crippen molar-refractivity contribution in [2.45, 2.75) is 27.7 Å². The van der Waals surface area contributed by atoms with Gasteiger partial charge in [-0.15, -0.1) is 0 Å². The molecule has 1 atom stereocenters. The molecule has 0 saturated carbocycles. The molecule has 0 fully saturated rings. The molecule has 166 valence electrons. The average Bonchev–Trinajstić information content (AvgIpc) is 2.76. The van der Waals surface area contributed by atoms with E-state index in [9.17, 15) is 9.59 Å². The number of carbonyl (C=O) groups is 2. The van der Waals surface area contributed by atoms with Crippen LogP contribution < -0.4 is 20.4 Å². The molecule has 31 heavy (non-hydrogen) atoms. The fourth-order valence-electron chi connectivity index (χ4n) is 3.22. The number of amides is 2. The maximum Gasteiger partial charge on any atom is 0.252 e. The summed E-state index contributed by atoms with van der Waals surface area (Å²) in [6.45, 7) is 9.76. The number of rotatable bonds is 10. The molecule has 0 aliphatic rings. The first-order valence-electron chi connectivity index (χ1n) is 10.5. The van der Waals surface area contributed by atoms with Crippen LogP contribution in [0.5, 0.6) is 5.75 Å². The summed E-state index contributed by atoms with van der Waals surface area (Å²) in [7, 11) is 1.58. The van der Waals surface area contributed by atoms with Crippen LogP contribution in [0.1, 0.15) is 33.3 Å².